The molecule has 3 rings (SSSR count). The van der Waals surface area contributed by atoms with Gasteiger partial charge in [0.15, 0.2) is 6.10 Å². The molecule has 0 bridgehead atoms. The molecule has 1 aromatic carbocycles. The van der Waals surface area contributed by atoms with Gasteiger partial charge in [-0.1, -0.05) is 39.0 Å². The molecule has 20 heavy (non-hydrogen) atoms. The van der Waals surface area contributed by atoms with Crippen molar-refractivity contribution in [1.82, 2.24) is 4.90 Å². The monoisotopic (exact) mass is 273 g/mol. The highest BCUT2D eigenvalue weighted by Gasteiger charge is 2.57. The summed E-state index contributed by atoms with van der Waals surface area (Å²) in [6.07, 6.45) is 2.03. The summed E-state index contributed by atoms with van der Waals surface area (Å²) in [5.74, 6) is 1.53. The highest BCUT2D eigenvalue weighted by atomic mass is 16.5. The van der Waals surface area contributed by atoms with Gasteiger partial charge in [0.1, 0.15) is 5.75 Å². The van der Waals surface area contributed by atoms with Crippen LogP contribution in [0.2, 0.25) is 0 Å². The molecule has 3 heteroatoms. The second-order valence-electron chi connectivity index (χ2n) is 6.92. The number of rotatable bonds is 2. The third-order valence-electron chi connectivity index (χ3n) is 4.75. The number of hydrogen-bond acceptors (Lipinski definition) is 2. The van der Waals surface area contributed by atoms with Crippen LogP contribution in [0.15, 0.2) is 30.3 Å². The minimum Gasteiger partial charge on any atom is -0.478 e. The Morgan fingerprint density at radius 2 is 1.95 bits per heavy atom. The van der Waals surface area contributed by atoms with Crippen molar-refractivity contribution < 1.29 is 9.53 Å². The standard InChI is InChI=1S/C17H23NO2/c1-12-9-10-17(2,3)15-14(16(19)18(15)11-12)20-13-7-5-4-6-8-13/h4-8,12,14-15H,9-11H2,1-3H3/t12-,14-,15-/m0/s1. The summed E-state index contributed by atoms with van der Waals surface area (Å²) >= 11 is 0. The van der Waals surface area contributed by atoms with E-state index in [4.69, 9.17) is 4.74 Å². The number of carbonyl (C=O) groups is 1. The Morgan fingerprint density at radius 3 is 2.65 bits per heavy atom. The summed E-state index contributed by atoms with van der Waals surface area (Å²) in [4.78, 5) is 14.4. The van der Waals surface area contributed by atoms with Crippen LogP contribution >= 0.6 is 0 Å². The van der Waals surface area contributed by atoms with Crippen molar-refractivity contribution in [2.75, 3.05) is 6.54 Å². The Labute approximate surface area is 120 Å². The van der Waals surface area contributed by atoms with E-state index in [1.54, 1.807) is 0 Å². The molecule has 2 fully saturated rings. The Hall–Kier alpha value is -1.51. The fourth-order valence-electron chi connectivity index (χ4n) is 3.51. The van der Waals surface area contributed by atoms with E-state index in [0.29, 0.717) is 5.92 Å². The molecule has 2 aliphatic heterocycles. The molecule has 3 nitrogen and oxygen atoms in total. The van der Waals surface area contributed by atoms with Gasteiger partial charge in [0, 0.05) is 6.54 Å². The molecule has 0 spiro atoms. The number of para-hydroxylation sites is 1. The molecule has 108 valence electrons. The van der Waals surface area contributed by atoms with Crippen LogP contribution in [0, 0.1) is 11.3 Å². The van der Waals surface area contributed by atoms with Crippen LogP contribution in [0.1, 0.15) is 33.6 Å². The van der Waals surface area contributed by atoms with E-state index in [2.05, 4.69) is 20.8 Å². The number of hydrogen-bond donors (Lipinski definition) is 0. The van der Waals surface area contributed by atoms with Gasteiger partial charge in [0.05, 0.1) is 6.04 Å². The molecule has 0 unspecified atom stereocenters. The summed E-state index contributed by atoms with van der Waals surface area (Å²) in [6, 6.07) is 9.89. The minimum absolute atomic E-state index is 0.123. The predicted molar refractivity (Wildman–Crippen MR) is 78.5 cm³/mol. The molecular weight excluding hydrogens is 250 g/mol. The Morgan fingerprint density at radius 1 is 1.25 bits per heavy atom. The number of fused-ring (bicyclic) bond motifs is 1. The van der Waals surface area contributed by atoms with Gasteiger partial charge in [0.25, 0.3) is 5.91 Å². The van der Waals surface area contributed by atoms with Crippen LogP contribution in [0.25, 0.3) is 0 Å². The van der Waals surface area contributed by atoms with Crippen LogP contribution in [-0.2, 0) is 4.79 Å². The number of β-lactam (4-membered cyclic amide) rings is 1. The molecule has 1 aromatic rings. The third kappa shape index (κ3) is 2.19. The first-order chi connectivity index (χ1) is 9.49. The fourth-order valence-corrected chi connectivity index (χ4v) is 3.51. The van der Waals surface area contributed by atoms with Gasteiger partial charge in [-0.25, -0.2) is 0 Å². The number of benzene rings is 1. The number of nitrogens with zero attached hydrogens (tertiary/aromatic N) is 1. The zero-order valence-electron chi connectivity index (χ0n) is 12.5. The average molecular weight is 273 g/mol. The highest BCUT2D eigenvalue weighted by molar-refractivity contribution is 5.89. The molecule has 1 amide bonds. The summed E-state index contributed by atoms with van der Waals surface area (Å²) in [5, 5.41) is 0. The second-order valence-corrected chi connectivity index (χ2v) is 6.92. The minimum atomic E-state index is -0.308. The summed E-state index contributed by atoms with van der Waals surface area (Å²) in [6.45, 7) is 7.63. The van der Waals surface area contributed by atoms with Crippen molar-refractivity contribution in [2.24, 2.45) is 11.3 Å². The van der Waals surface area contributed by atoms with E-state index in [-0.39, 0.29) is 23.5 Å². The molecule has 3 atom stereocenters. The van der Waals surface area contributed by atoms with Crippen LogP contribution in [0.4, 0.5) is 0 Å². The van der Waals surface area contributed by atoms with Crippen molar-refractivity contribution in [1.29, 1.82) is 0 Å². The molecule has 0 N–H and O–H groups in total. The van der Waals surface area contributed by atoms with Crippen molar-refractivity contribution in [3.63, 3.8) is 0 Å². The van der Waals surface area contributed by atoms with E-state index in [9.17, 15) is 4.79 Å². The Bertz CT molecular complexity index is 497. The molecular formula is C17H23NO2. The van der Waals surface area contributed by atoms with E-state index >= 15 is 0 Å². The first kappa shape index (κ1) is 13.5. The van der Waals surface area contributed by atoms with Gasteiger partial charge in [-0.3, -0.25) is 4.79 Å². The maximum absolute atomic E-state index is 12.4. The zero-order chi connectivity index (χ0) is 14.3. The number of carbonyl (C=O) groups excluding carboxylic acids is 1. The largest absolute Gasteiger partial charge is 0.478 e. The lowest BCUT2D eigenvalue weighted by molar-refractivity contribution is -0.172. The van der Waals surface area contributed by atoms with Crippen molar-refractivity contribution in [3.05, 3.63) is 30.3 Å². The summed E-state index contributed by atoms with van der Waals surface area (Å²) in [5.41, 5.74) is 0.123. The zero-order valence-corrected chi connectivity index (χ0v) is 12.5. The van der Waals surface area contributed by atoms with E-state index in [1.165, 1.54) is 6.42 Å². The molecule has 2 aliphatic rings. The van der Waals surface area contributed by atoms with Crippen LogP contribution < -0.4 is 4.74 Å². The molecule has 0 aliphatic carbocycles. The number of amides is 1. The van der Waals surface area contributed by atoms with Crippen molar-refractivity contribution >= 4 is 5.91 Å². The molecule has 0 saturated carbocycles. The van der Waals surface area contributed by atoms with E-state index in [0.717, 1.165) is 18.7 Å². The average Bonchev–Trinajstić information content (AvgIpc) is 2.53. The lowest BCUT2D eigenvalue weighted by atomic mass is 9.73. The summed E-state index contributed by atoms with van der Waals surface area (Å²) < 4.78 is 5.97. The predicted octanol–water partition coefficient (Wildman–Crippen LogP) is 3.10. The van der Waals surface area contributed by atoms with Gasteiger partial charge < -0.3 is 9.64 Å². The molecule has 0 radical (unpaired) electrons. The lowest BCUT2D eigenvalue weighted by Gasteiger charge is -2.52. The highest BCUT2D eigenvalue weighted by Crippen LogP contribution is 2.44. The van der Waals surface area contributed by atoms with E-state index in [1.807, 2.05) is 35.2 Å². The second kappa shape index (κ2) is 4.80. The smallest absolute Gasteiger partial charge is 0.266 e. The first-order valence-corrected chi connectivity index (χ1v) is 7.51. The Kier molecular flexibility index (Phi) is 3.23. The molecule has 2 heterocycles. The maximum Gasteiger partial charge on any atom is 0.266 e. The van der Waals surface area contributed by atoms with Crippen molar-refractivity contribution in [3.8, 4) is 5.75 Å². The van der Waals surface area contributed by atoms with Gasteiger partial charge >= 0.3 is 0 Å². The van der Waals surface area contributed by atoms with E-state index < -0.39 is 0 Å². The van der Waals surface area contributed by atoms with Gasteiger partial charge in [-0.2, -0.15) is 0 Å². The Balaban J connectivity index is 1.81. The van der Waals surface area contributed by atoms with Crippen molar-refractivity contribution in [2.45, 2.75) is 45.8 Å². The number of ether oxygens (including phenoxy) is 1. The molecule has 2 saturated heterocycles. The van der Waals surface area contributed by atoms with Gasteiger partial charge in [0.2, 0.25) is 0 Å². The first-order valence-electron chi connectivity index (χ1n) is 7.51. The third-order valence-corrected chi connectivity index (χ3v) is 4.75. The SMILES string of the molecule is C[C@H]1CCC(C)(C)[C@@H]2[C@H](Oc3ccccc3)C(=O)N2C1. The summed E-state index contributed by atoms with van der Waals surface area (Å²) in [7, 11) is 0. The van der Waals surface area contributed by atoms with Crippen LogP contribution in [-0.4, -0.2) is 29.5 Å². The quantitative estimate of drug-likeness (QED) is 0.775. The maximum atomic E-state index is 12.4. The fraction of sp³-hybridized carbons (Fsp3) is 0.588. The molecule has 0 aromatic heterocycles. The van der Waals surface area contributed by atoms with Crippen LogP contribution in [0.5, 0.6) is 5.75 Å². The van der Waals surface area contributed by atoms with Crippen LogP contribution in [0.3, 0.4) is 0 Å². The normalized spacial score (nSPS) is 32.0. The van der Waals surface area contributed by atoms with Gasteiger partial charge in [-0.05, 0) is 36.3 Å². The lowest BCUT2D eigenvalue weighted by Crippen LogP contribution is -2.71. The topological polar surface area (TPSA) is 29.5 Å². The van der Waals surface area contributed by atoms with Gasteiger partial charge in [-0.15, -0.1) is 0 Å².